The Morgan fingerprint density at radius 1 is 1.13 bits per heavy atom. The molecule has 0 bridgehead atoms. The third-order valence-electron chi connectivity index (χ3n) is 5.81. The van der Waals surface area contributed by atoms with Crippen molar-refractivity contribution in [2.75, 3.05) is 31.6 Å². The van der Waals surface area contributed by atoms with E-state index < -0.39 is 10.0 Å². The first-order valence-corrected chi connectivity index (χ1v) is 12.0. The fraction of sp³-hybridized carbons (Fsp3) is 0.409. The van der Waals surface area contributed by atoms with Crippen LogP contribution in [0.5, 0.6) is 0 Å². The van der Waals surface area contributed by atoms with Gasteiger partial charge in [-0.3, -0.25) is 4.68 Å². The third kappa shape index (κ3) is 3.93. The maximum atomic E-state index is 13.7. The minimum absolute atomic E-state index is 0.246. The van der Waals surface area contributed by atoms with Crippen LogP contribution in [0.15, 0.2) is 41.3 Å². The van der Waals surface area contributed by atoms with Gasteiger partial charge in [0.15, 0.2) is 5.82 Å². The van der Waals surface area contributed by atoms with Gasteiger partial charge in [-0.2, -0.15) is 9.40 Å². The van der Waals surface area contributed by atoms with Crippen molar-refractivity contribution >= 4 is 32.4 Å². The summed E-state index contributed by atoms with van der Waals surface area (Å²) in [5, 5.41) is 8.73. The van der Waals surface area contributed by atoms with E-state index in [0.29, 0.717) is 55.8 Å². The molecule has 1 aliphatic carbocycles. The Bertz CT molecular complexity index is 1230. The summed E-state index contributed by atoms with van der Waals surface area (Å²) >= 11 is 0. The van der Waals surface area contributed by atoms with Crippen molar-refractivity contribution in [1.82, 2.24) is 14.1 Å². The summed E-state index contributed by atoms with van der Waals surface area (Å²) in [6.45, 7) is 3.47. The second-order valence-electron chi connectivity index (χ2n) is 8.16. The Balaban J connectivity index is 1.56. The van der Waals surface area contributed by atoms with Gasteiger partial charge in [0.1, 0.15) is 5.82 Å². The standard InChI is InChI=1S/C22H25FN4O3S/c1-15-13-16(3-7-20(15)23)24-22-19-14-18(6-8-21(19)27(25-22)17-4-5-17)31(28,29)26-9-2-11-30-12-10-26/h3,6-8,13-14,17H,2,4-5,9-12H2,1H3,(H,24,25). The van der Waals surface area contributed by atoms with Crippen LogP contribution < -0.4 is 5.32 Å². The van der Waals surface area contributed by atoms with Gasteiger partial charge in [0.2, 0.25) is 10.0 Å². The minimum atomic E-state index is -3.64. The lowest BCUT2D eigenvalue weighted by Gasteiger charge is -2.19. The summed E-state index contributed by atoms with van der Waals surface area (Å²) < 4.78 is 49.1. The van der Waals surface area contributed by atoms with E-state index in [1.54, 1.807) is 31.2 Å². The highest BCUT2D eigenvalue weighted by molar-refractivity contribution is 7.89. The number of fused-ring (bicyclic) bond motifs is 1. The van der Waals surface area contributed by atoms with E-state index in [1.807, 2.05) is 10.7 Å². The van der Waals surface area contributed by atoms with Gasteiger partial charge in [0, 0.05) is 30.8 Å². The molecule has 31 heavy (non-hydrogen) atoms. The molecule has 1 aromatic heterocycles. The predicted molar refractivity (Wildman–Crippen MR) is 117 cm³/mol. The second kappa shape index (κ2) is 7.89. The fourth-order valence-corrected chi connectivity index (χ4v) is 5.43. The summed E-state index contributed by atoms with van der Waals surface area (Å²) in [7, 11) is -3.64. The number of hydrogen-bond donors (Lipinski definition) is 1. The molecule has 3 aromatic rings. The van der Waals surface area contributed by atoms with Crippen LogP contribution in [-0.4, -0.2) is 48.8 Å². The molecule has 1 saturated heterocycles. The van der Waals surface area contributed by atoms with Gasteiger partial charge < -0.3 is 10.1 Å². The van der Waals surface area contributed by atoms with Crippen molar-refractivity contribution in [2.24, 2.45) is 0 Å². The number of aromatic nitrogens is 2. The van der Waals surface area contributed by atoms with Gasteiger partial charge in [0.05, 0.1) is 23.1 Å². The van der Waals surface area contributed by atoms with Crippen molar-refractivity contribution in [3.05, 3.63) is 47.8 Å². The molecule has 5 rings (SSSR count). The highest BCUT2D eigenvalue weighted by Crippen LogP contribution is 2.40. The summed E-state index contributed by atoms with van der Waals surface area (Å²) in [4.78, 5) is 0.246. The SMILES string of the molecule is Cc1cc(Nc2nn(C3CC3)c3ccc(S(=O)(=O)N4CCCOCC4)cc23)ccc1F. The summed E-state index contributed by atoms with van der Waals surface area (Å²) in [6, 6.07) is 10.3. The lowest BCUT2D eigenvalue weighted by atomic mass is 10.2. The number of benzene rings is 2. The number of sulfonamides is 1. The van der Waals surface area contributed by atoms with Crippen LogP contribution in [0.2, 0.25) is 0 Å². The van der Waals surface area contributed by atoms with Gasteiger partial charge in [-0.05, 0) is 68.1 Å². The third-order valence-corrected chi connectivity index (χ3v) is 7.70. The number of hydrogen-bond acceptors (Lipinski definition) is 5. The van der Waals surface area contributed by atoms with Crippen molar-refractivity contribution in [1.29, 1.82) is 0 Å². The van der Waals surface area contributed by atoms with Crippen molar-refractivity contribution in [3.63, 3.8) is 0 Å². The Kier molecular flexibility index (Phi) is 5.19. The van der Waals surface area contributed by atoms with Crippen LogP contribution in [0.4, 0.5) is 15.9 Å². The second-order valence-corrected chi connectivity index (χ2v) is 10.1. The Labute approximate surface area is 180 Å². The molecule has 1 saturated carbocycles. The molecule has 2 heterocycles. The first kappa shape index (κ1) is 20.4. The number of ether oxygens (including phenoxy) is 1. The molecule has 2 aromatic carbocycles. The largest absolute Gasteiger partial charge is 0.380 e. The summed E-state index contributed by atoms with van der Waals surface area (Å²) in [6.07, 6.45) is 2.79. The molecular formula is C22H25FN4O3S. The lowest BCUT2D eigenvalue weighted by molar-refractivity contribution is 0.148. The van der Waals surface area contributed by atoms with Gasteiger partial charge in [-0.25, -0.2) is 12.8 Å². The molecule has 9 heteroatoms. The minimum Gasteiger partial charge on any atom is -0.380 e. The quantitative estimate of drug-likeness (QED) is 0.644. The van der Waals surface area contributed by atoms with E-state index in [9.17, 15) is 12.8 Å². The molecule has 0 radical (unpaired) electrons. The zero-order chi connectivity index (χ0) is 21.6. The number of halogens is 1. The van der Waals surface area contributed by atoms with Crippen LogP contribution in [-0.2, 0) is 14.8 Å². The van der Waals surface area contributed by atoms with Crippen LogP contribution in [0.1, 0.15) is 30.9 Å². The molecule has 2 aliphatic rings. The number of rotatable bonds is 5. The average Bonchev–Trinajstić information content (AvgIpc) is 3.57. The highest BCUT2D eigenvalue weighted by atomic mass is 32.2. The van der Waals surface area contributed by atoms with E-state index >= 15 is 0 Å². The molecule has 1 N–H and O–H groups in total. The first-order chi connectivity index (χ1) is 14.9. The maximum absolute atomic E-state index is 13.7. The topological polar surface area (TPSA) is 76.5 Å². The van der Waals surface area contributed by atoms with E-state index in [4.69, 9.17) is 9.84 Å². The molecule has 0 unspecified atom stereocenters. The Hall–Kier alpha value is -2.49. The van der Waals surface area contributed by atoms with E-state index in [2.05, 4.69) is 5.32 Å². The van der Waals surface area contributed by atoms with Gasteiger partial charge in [-0.15, -0.1) is 0 Å². The number of anilines is 2. The van der Waals surface area contributed by atoms with Crippen LogP contribution in [0.25, 0.3) is 10.9 Å². The molecule has 2 fully saturated rings. The number of nitrogens with zero attached hydrogens (tertiary/aromatic N) is 3. The summed E-state index contributed by atoms with van der Waals surface area (Å²) in [5.74, 6) is 0.304. The van der Waals surface area contributed by atoms with E-state index in [1.165, 1.54) is 10.4 Å². The van der Waals surface area contributed by atoms with Gasteiger partial charge in [-0.1, -0.05) is 0 Å². The van der Waals surface area contributed by atoms with Crippen LogP contribution in [0.3, 0.4) is 0 Å². The smallest absolute Gasteiger partial charge is 0.243 e. The van der Waals surface area contributed by atoms with Crippen LogP contribution >= 0.6 is 0 Å². The number of nitrogens with one attached hydrogen (secondary N) is 1. The Morgan fingerprint density at radius 3 is 2.74 bits per heavy atom. The van der Waals surface area contributed by atoms with Crippen molar-refractivity contribution < 1.29 is 17.5 Å². The zero-order valence-corrected chi connectivity index (χ0v) is 18.2. The molecule has 0 amide bonds. The maximum Gasteiger partial charge on any atom is 0.243 e. The van der Waals surface area contributed by atoms with Gasteiger partial charge in [0.25, 0.3) is 0 Å². The van der Waals surface area contributed by atoms with Crippen molar-refractivity contribution in [2.45, 2.75) is 37.1 Å². The lowest BCUT2D eigenvalue weighted by Crippen LogP contribution is -2.33. The van der Waals surface area contributed by atoms with Crippen molar-refractivity contribution in [3.8, 4) is 0 Å². The normalized spacial score (nSPS) is 18.3. The average molecular weight is 445 g/mol. The van der Waals surface area contributed by atoms with Crippen LogP contribution in [0, 0.1) is 12.7 Å². The molecule has 0 spiro atoms. The molecule has 164 valence electrons. The first-order valence-electron chi connectivity index (χ1n) is 10.6. The van der Waals surface area contributed by atoms with E-state index in [0.717, 1.165) is 23.7 Å². The zero-order valence-electron chi connectivity index (χ0n) is 17.3. The van der Waals surface area contributed by atoms with E-state index in [-0.39, 0.29) is 10.7 Å². The monoisotopic (exact) mass is 444 g/mol. The van der Waals surface area contributed by atoms with Gasteiger partial charge >= 0.3 is 0 Å². The molecule has 0 atom stereocenters. The Morgan fingerprint density at radius 2 is 1.97 bits per heavy atom. The molecule has 1 aliphatic heterocycles. The predicted octanol–water partition coefficient (Wildman–Crippen LogP) is 3.97. The highest BCUT2D eigenvalue weighted by Gasteiger charge is 2.30. The molecule has 7 nitrogen and oxygen atoms in total. The fourth-order valence-electron chi connectivity index (χ4n) is 3.94. The summed E-state index contributed by atoms with van der Waals surface area (Å²) in [5.41, 5.74) is 2.13. The number of aryl methyl sites for hydroxylation is 1. The molecular weight excluding hydrogens is 419 g/mol.